The van der Waals surface area contributed by atoms with Gasteiger partial charge in [0.15, 0.2) is 9.84 Å². The van der Waals surface area contributed by atoms with E-state index in [4.69, 9.17) is 9.84 Å². The summed E-state index contributed by atoms with van der Waals surface area (Å²) in [5.41, 5.74) is -0.620. The standard InChI is InChI=1S/C11H21NO4.C4H6O2S/c1-7(2)6-8(9(13)14)12-10(15)16-11(3,4)5;1-3-7(5,6)4-2/h7-8H,6H2,1-5H3,(H,12,15)(H,13,14);3-4H,1-2H2/t8-;/m0./s1. The zero-order valence-corrected chi connectivity index (χ0v) is 15.1. The van der Waals surface area contributed by atoms with E-state index < -0.39 is 33.5 Å². The molecule has 1 amide bonds. The van der Waals surface area contributed by atoms with Gasteiger partial charge >= 0.3 is 12.1 Å². The molecular formula is C15H27NO6S. The van der Waals surface area contributed by atoms with Crippen LogP contribution in [-0.4, -0.2) is 37.2 Å². The number of carbonyl (C=O) groups excluding carboxylic acids is 1. The van der Waals surface area contributed by atoms with E-state index >= 15 is 0 Å². The van der Waals surface area contributed by atoms with Gasteiger partial charge in [-0.1, -0.05) is 27.0 Å². The van der Waals surface area contributed by atoms with Crippen LogP contribution >= 0.6 is 0 Å². The van der Waals surface area contributed by atoms with Crippen molar-refractivity contribution >= 4 is 21.9 Å². The topological polar surface area (TPSA) is 110 Å². The molecule has 0 aliphatic rings. The molecule has 0 saturated carbocycles. The van der Waals surface area contributed by atoms with Crippen molar-refractivity contribution in [3.05, 3.63) is 24.0 Å². The van der Waals surface area contributed by atoms with Gasteiger partial charge < -0.3 is 15.2 Å². The van der Waals surface area contributed by atoms with Gasteiger partial charge in [-0.25, -0.2) is 18.0 Å². The van der Waals surface area contributed by atoms with E-state index in [9.17, 15) is 18.0 Å². The van der Waals surface area contributed by atoms with Crippen molar-refractivity contribution in [1.82, 2.24) is 5.32 Å². The van der Waals surface area contributed by atoms with Crippen LogP contribution in [0.2, 0.25) is 0 Å². The predicted molar refractivity (Wildman–Crippen MR) is 89.6 cm³/mol. The first-order valence-corrected chi connectivity index (χ1v) is 8.57. The number of sulfone groups is 1. The highest BCUT2D eigenvalue weighted by Crippen LogP contribution is 2.09. The summed E-state index contributed by atoms with van der Waals surface area (Å²) in [4.78, 5) is 22.2. The molecule has 134 valence electrons. The van der Waals surface area contributed by atoms with Crippen molar-refractivity contribution in [2.45, 2.75) is 52.7 Å². The SMILES string of the molecule is C=CS(=O)(=O)C=C.CC(C)C[C@H](NC(=O)OC(C)(C)C)C(=O)O. The molecule has 0 bridgehead atoms. The average Bonchev–Trinajstić information content (AvgIpc) is 2.36. The molecule has 0 unspecified atom stereocenters. The fourth-order valence-electron chi connectivity index (χ4n) is 1.21. The van der Waals surface area contributed by atoms with Crippen molar-refractivity contribution in [3.8, 4) is 0 Å². The van der Waals surface area contributed by atoms with Crippen molar-refractivity contribution in [2.75, 3.05) is 0 Å². The minimum atomic E-state index is -3.13. The van der Waals surface area contributed by atoms with Gasteiger partial charge in [-0.3, -0.25) is 0 Å². The zero-order valence-electron chi connectivity index (χ0n) is 14.3. The van der Waals surface area contributed by atoms with Crippen LogP contribution in [0, 0.1) is 5.92 Å². The number of nitrogens with one attached hydrogen (secondary N) is 1. The summed E-state index contributed by atoms with van der Waals surface area (Å²) in [6, 6.07) is -0.894. The molecule has 0 aliphatic carbocycles. The van der Waals surface area contributed by atoms with Gasteiger partial charge in [-0.05, 0) is 33.1 Å². The van der Waals surface area contributed by atoms with E-state index in [1.807, 2.05) is 13.8 Å². The lowest BCUT2D eigenvalue weighted by Crippen LogP contribution is -2.44. The first-order valence-electron chi connectivity index (χ1n) is 6.96. The summed E-state index contributed by atoms with van der Waals surface area (Å²) in [6.07, 6.45) is -0.310. The normalized spacial score (nSPS) is 12.4. The van der Waals surface area contributed by atoms with Gasteiger partial charge in [0.05, 0.1) is 0 Å². The molecule has 7 nitrogen and oxygen atoms in total. The Morgan fingerprint density at radius 1 is 1.22 bits per heavy atom. The molecule has 1 atom stereocenters. The molecule has 2 N–H and O–H groups in total. The van der Waals surface area contributed by atoms with E-state index in [1.165, 1.54) is 0 Å². The Morgan fingerprint density at radius 3 is 1.87 bits per heavy atom. The smallest absolute Gasteiger partial charge is 0.408 e. The van der Waals surface area contributed by atoms with Gasteiger partial charge in [0.2, 0.25) is 0 Å². The van der Waals surface area contributed by atoms with E-state index in [-0.39, 0.29) is 5.92 Å². The first-order chi connectivity index (χ1) is 10.2. The average molecular weight is 349 g/mol. The van der Waals surface area contributed by atoms with E-state index in [2.05, 4.69) is 18.5 Å². The largest absolute Gasteiger partial charge is 0.480 e. The van der Waals surface area contributed by atoms with Crippen LogP contribution < -0.4 is 5.32 Å². The number of carboxylic acids is 1. The van der Waals surface area contributed by atoms with E-state index in [0.717, 1.165) is 10.8 Å². The number of ether oxygens (including phenoxy) is 1. The molecule has 0 aliphatic heterocycles. The maximum Gasteiger partial charge on any atom is 0.408 e. The highest BCUT2D eigenvalue weighted by atomic mass is 32.2. The quantitative estimate of drug-likeness (QED) is 0.763. The molecule has 0 heterocycles. The van der Waals surface area contributed by atoms with Gasteiger partial charge in [-0.2, -0.15) is 0 Å². The molecular weight excluding hydrogens is 322 g/mol. The lowest BCUT2D eigenvalue weighted by Gasteiger charge is -2.22. The Morgan fingerprint density at radius 2 is 1.65 bits per heavy atom. The van der Waals surface area contributed by atoms with Crippen LogP contribution in [0.3, 0.4) is 0 Å². The summed E-state index contributed by atoms with van der Waals surface area (Å²) in [6.45, 7) is 15.1. The third-order valence-electron chi connectivity index (χ3n) is 2.16. The maximum atomic E-state index is 11.4. The van der Waals surface area contributed by atoms with Crippen LogP contribution in [-0.2, 0) is 19.4 Å². The van der Waals surface area contributed by atoms with Crippen LogP contribution in [0.15, 0.2) is 24.0 Å². The van der Waals surface area contributed by atoms with Crippen molar-refractivity contribution in [1.29, 1.82) is 0 Å². The Hall–Kier alpha value is -1.83. The van der Waals surface area contributed by atoms with Gasteiger partial charge in [0.1, 0.15) is 11.6 Å². The predicted octanol–water partition coefficient (Wildman–Crippen LogP) is 2.70. The molecule has 23 heavy (non-hydrogen) atoms. The molecule has 8 heteroatoms. The number of amides is 1. The fourth-order valence-corrected chi connectivity index (χ4v) is 1.35. The summed E-state index contributed by atoms with van der Waals surface area (Å²) >= 11 is 0. The number of aliphatic carboxylic acids is 1. The Balaban J connectivity index is 0. The number of alkyl carbamates (subject to hydrolysis) is 1. The van der Waals surface area contributed by atoms with Crippen LogP contribution in [0.25, 0.3) is 0 Å². The Bertz CT molecular complexity index is 503. The summed E-state index contributed by atoms with van der Waals surface area (Å²) in [5.74, 6) is -0.851. The molecule has 0 rings (SSSR count). The lowest BCUT2D eigenvalue weighted by atomic mass is 10.0. The Labute approximate surface area is 138 Å². The Kier molecular flexibility index (Phi) is 10.2. The van der Waals surface area contributed by atoms with Gasteiger partial charge in [0.25, 0.3) is 0 Å². The third kappa shape index (κ3) is 14.9. The van der Waals surface area contributed by atoms with Crippen molar-refractivity contribution in [2.24, 2.45) is 5.92 Å². The molecule has 0 aromatic rings. The fraction of sp³-hybridized carbons (Fsp3) is 0.600. The molecule has 0 aromatic carbocycles. The summed E-state index contributed by atoms with van der Waals surface area (Å²) in [7, 11) is -3.13. The maximum absolute atomic E-state index is 11.4. The lowest BCUT2D eigenvalue weighted by molar-refractivity contribution is -0.139. The van der Waals surface area contributed by atoms with Crippen LogP contribution in [0.5, 0.6) is 0 Å². The van der Waals surface area contributed by atoms with Crippen LogP contribution in [0.4, 0.5) is 4.79 Å². The van der Waals surface area contributed by atoms with Crippen molar-refractivity contribution in [3.63, 3.8) is 0 Å². The number of hydrogen-bond donors (Lipinski definition) is 2. The monoisotopic (exact) mass is 349 g/mol. The molecule has 0 radical (unpaired) electrons. The highest BCUT2D eigenvalue weighted by Gasteiger charge is 2.24. The number of rotatable bonds is 6. The van der Waals surface area contributed by atoms with Gasteiger partial charge in [0, 0.05) is 10.8 Å². The first kappa shape index (κ1) is 23.4. The number of carbonyl (C=O) groups is 2. The van der Waals surface area contributed by atoms with E-state index in [1.54, 1.807) is 20.8 Å². The van der Waals surface area contributed by atoms with E-state index in [0.29, 0.717) is 6.42 Å². The second-order valence-corrected chi connectivity index (χ2v) is 7.93. The minimum absolute atomic E-state index is 0.191. The third-order valence-corrected chi connectivity index (χ3v) is 3.09. The number of hydrogen-bond acceptors (Lipinski definition) is 5. The summed E-state index contributed by atoms with van der Waals surface area (Å²) < 4.78 is 25.3. The number of carboxylic acid groups (broad SMARTS) is 1. The summed E-state index contributed by atoms with van der Waals surface area (Å²) in [5, 5.41) is 12.9. The molecule has 0 spiro atoms. The van der Waals surface area contributed by atoms with Crippen molar-refractivity contribution < 1.29 is 27.9 Å². The molecule has 0 fully saturated rings. The second-order valence-electron chi connectivity index (χ2n) is 6.09. The second kappa shape index (κ2) is 10.0. The zero-order chi connectivity index (χ0) is 18.8. The van der Waals surface area contributed by atoms with Gasteiger partial charge in [-0.15, -0.1) is 0 Å². The molecule has 0 saturated heterocycles. The highest BCUT2D eigenvalue weighted by molar-refractivity contribution is 7.97. The molecule has 0 aromatic heterocycles. The minimum Gasteiger partial charge on any atom is -0.480 e. The van der Waals surface area contributed by atoms with Crippen LogP contribution in [0.1, 0.15) is 41.0 Å².